The quantitative estimate of drug-likeness (QED) is 0.830. The van der Waals surface area contributed by atoms with Gasteiger partial charge in [0.15, 0.2) is 0 Å². The Labute approximate surface area is 167 Å². The van der Waals surface area contributed by atoms with Crippen LogP contribution < -0.4 is 10.1 Å². The lowest BCUT2D eigenvalue weighted by molar-refractivity contribution is -0.117. The van der Waals surface area contributed by atoms with Crippen LogP contribution in [0.4, 0.5) is 10.1 Å². The van der Waals surface area contributed by atoms with E-state index in [1.54, 1.807) is 29.2 Å². The number of benzene rings is 2. The summed E-state index contributed by atoms with van der Waals surface area (Å²) >= 11 is 6.05. The van der Waals surface area contributed by atoms with Crippen LogP contribution in [0.2, 0.25) is 5.02 Å². The Morgan fingerprint density at radius 1 is 1.14 bits per heavy atom. The number of carbonyl (C=O) groups is 2. The molecule has 1 aliphatic rings. The first-order valence-corrected chi connectivity index (χ1v) is 9.25. The largest absolute Gasteiger partial charge is 0.496 e. The Hall–Kier alpha value is -2.64. The Morgan fingerprint density at radius 3 is 2.54 bits per heavy atom. The van der Waals surface area contributed by atoms with E-state index >= 15 is 0 Å². The predicted molar refractivity (Wildman–Crippen MR) is 105 cm³/mol. The monoisotopic (exact) mass is 405 g/mol. The van der Waals surface area contributed by atoms with Crippen LogP contribution in [-0.4, -0.2) is 61.4 Å². The highest BCUT2D eigenvalue weighted by atomic mass is 35.5. The number of amides is 2. The Balaban J connectivity index is 1.54. The molecular formula is C20H21ClFN3O3. The number of nitrogens with one attached hydrogen (secondary N) is 1. The van der Waals surface area contributed by atoms with Crippen molar-refractivity contribution in [3.8, 4) is 5.75 Å². The molecular weight excluding hydrogens is 385 g/mol. The van der Waals surface area contributed by atoms with Crippen LogP contribution in [0.15, 0.2) is 42.5 Å². The van der Waals surface area contributed by atoms with E-state index < -0.39 is 5.82 Å². The first-order valence-electron chi connectivity index (χ1n) is 8.87. The molecule has 8 heteroatoms. The fourth-order valence-electron chi connectivity index (χ4n) is 3.08. The molecule has 0 unspecified atom stereocenters. The molecule has 0 spiro atoms. The van der Waals surface area contributed by atoms with E-state index in [0.29, 0.717) is 42.6 Å². The van der Waals surface area contributed by atoms with Gasteiger partial charge in [0.25, 0.3) is 5.91 Å². The predicted octanol–water partition coefficient (Wildman–Crippen LogP) is 2.88. The number of carbonyl (C=O) groups excluding carboxylic acids is 2. The zero-order valence-corrected chi connectivity index (χ0v) is 16.2. The van der Waals surface area contributed by atoms with Crippen molar-refractivity contribution in [2.75, 3.05) is 45.2 Å². The van der Waals surface area contributed by atoms with Gasteiger partial charge >= 0.3 is 0 Å². The summed E-state index contributed by atoms with van der Waals surface area (Å²) in [4.78, 5) is 28.5. The lowest BCUT2D eigenvalue weighted by Crippen LogP contribution is -2.50. The average Bonchev–Trinajstić information content (AvgIpc) is 2.69. The van der Waals surface area contributed by atoms with Crippen molar-refractivity contribution in [3.63, 3.8) is 0 Å². The third-order valence-electron chi connectivity index (χ3n) is 4.57. The molecule has 0 aromatic heterocycles. The summed E-state index contributed by atoms with van der Waals surface area (Å²) in [5.74, 6) is -0.594. The molecule has 28 heavy (non-hydrogen) atoms. The number of halogens is 2. The van der Waals surface area contributed by atoms with E-state index in [2.05, 4.69) is 5.32 Å². The third-order valence-corrected chi connectivity index (χ3v) is 4.90. The van der Waals surface area contributed by atoms with Gasteiger partial charge < -0.3 is 15.0 Å². The van der Waals surface area contributed by atoms with Gasteiger partial charge in [0.1, 0.15) is 11.6 Å². The maximum absolute atomic E-state index is 13.5. The van der Waals surface area contributed by atoms with Crippen molar-refractivity contribution in [1.82, 2.24) is 9.80 Å². The highest BCUT2D eigenvalue weighted by Gasteiger charge is 2.25. The van der Waals surface area contributed by atoms with E-state index in [4.69, 9.17) is 16.3 Å². The highest BCUT2D eigenvalue weighted by Crippen LogP contribution is 2.22. The van der Waals surface area contributed by atoms with Gasteiger partial charge in [-0.3, -0.25) is 14.5 Å². The van der Waals surface area contributed by atoms with Crippen LogP contribution in [0.1, 0.15) is 10.4 Å². The van der Waals surface area contributed by atoms with Crippen LogP contribution in [0.25, 0.3) is 0 Å². The van der Waals surface area contributed by atoms with Crippen LogP contribution in [-0.2, 0) is 4.79 Å². The number of anilines is 1. The molecule has 6 nitrogen and oxygen atoms in total. The number of hydrogen-bond acceptors (Lipinski definition) is 4. The Kier molecular flexibility index (Phi) is 6.49. The van der Waals surface area contributed by atoms with Crippen molar-refractivity contribution in [3.05, 3.63) is 58.9 Å². The molecule has 1 heterocycles. The maximum atomic E-state index is 13.5. The number of rotatable bonds is 5. The molecule has 0 aliphatic carbocycles. The molecule has 0 saturated carbocycles. The minimum Gasteiger partial charge on any atom is -0.496 e. The van der Waals surface area contributed by atoms with Crippen LogP contribution in [0, 0.1) is 5.82 Å². The van der Waals surface area contributed by atoms with Gasteiger partial charge in [-0.2, -0.15) is 0 Å². The molecule has 1 N–H and O–H groups in total. The number of methoxy groups -OCH3 is 1. The number of ether oxygens (including phenoxy) is 1. The minimum absolute atomic E-state index is 0.167. The van der Waals surface area contributed by atoms with Gasteiger partial charge in [0.2, 0.25) is 5.91 Å². The third kappa shape index (κ3) is 4.79. The van der Waals surface area contributed by atoms with Crippen LogP contribution in [0.5, 0.6) is 5.75 Å². The molecule has 2 aromatic carbocycles. The molecule has 1 fully saturated rings. The molecule has 0 atom stereocenters. The van der Waals surface area contributed by atoms with Gasteiger partial charge in [-0.15, -0.1) is 0 Å². The molecule has 0 radical (unpaired) electrons. The first-order chi connectivity index (χ1) is 13.5. The lowest BCUT2D eigenvalue weighted by atomic mass is 10.1. The maximum Gasteiger partial charge on any atom is 0.257 e. The van der Waals surface area contributed by atoms with Crippen molar-refractivity contribution in [1.29, 1.82) is 0 Å². The van der Waals surface area contributed by atoms with Crippen molar-refractivity contribution in [2.24, 2.45) is 0 Å². The molecule has 2 amide bonds. The van der Waals surface area contributed by atoms with Crippen LogP contribution >= 0.6 is 11.6 Å². The summed E-state index contributed by atoms with van der Waals surface area (Å²) < 4.78 is 18.7. The topological polar surface area (TPSA) is 61.9 Å². The highest BCUT2D eigenvalue weighted by molar-refractivity contribution is 6.33. The van der Waals surface area contributed by atoms with Gasteiger partial charge in [-0.1, -0.05) is 23.7 Å². The van der Waals surface area contributed by atoms with Gasteiger partial charge in [-0.25, -0.2) is 4.39 Å². The van der Waals surface area contributed by atoms with Crippen LogP contribution in [0.3, 0.4) is 0 Å². The Bertz CT molecular complexity index is 870. The number of piperazine rings is 1. The summed E-state index contributed by atoms with van der Waals surface area (Å²) in [5.41, 5.74) is 0.772. The Morgan fingerprint density at radius 2 is 1.86 bits per heavy atom. The zero-order valence-electron chi connectivity index (χ0n) is 15.5. The fraction of sp³-hybridized carbons (Fsp3) is 0.300. The van der Waals surface area contributed by atoms with E-state index in [-0.39, 0.29) is 23.9 Å². The normalized spacial score (nSPS) is 14.6. The van der Waals surface area contributed by atoms with E-state index in [0.717, 1.165) is 0 Å². The zero-order chi connectivity index (χ0) is 20.1. The second-order valence-electron chi connectivity index (χ2n) is 6.44. The summed E-state index contributed by atoms with van der Waals surface area (Å²) in [5, 5.41) is 3.27. The van der Waals surface area contributed by atoms with E-state index in [1.165, 1.54) is 25.3 Å². The van der Waals surface area contributed by atoms with Crippen molar-refractivity contribution in [2.45, 2.75) is 0 Å². The number of para-hydroxylation sites is 1. The molecule has 0 bridgehead atoms. The number of nitrogens with zero attached hydrogens (tertiary/aromatic N) is 2. The lowest BCUT2D eigenvalue weighted by Gasteiger charge is -2.34. The molecule has 148 valence electrons. The minimum atomic E-state index is -0.487. The molecule has 3 rings (SSSR count). The average molecular weight is 406 g/mol. The first kappa shape index (κ1) is 20.1. The number of hydrogen-bond donors (Lipinski definition) is 1. The summed E-state index contributed by atoms with van der Waals surface area (Å²) in [6, 6.07) is 10.9. The second-order valence-corrected chi connectivity index (χ2v) is 6.85. The summed E-state index contributed by atoms with van der Waals surface area (Å²) in [6.45, 7) is 2.17. The van der Waals surface area contributed by atoms with Crippen molar-refractivity contribution >= 4 is 29.1 Å². The standard InChI is InChI=1S/C20H21ClFN3O3/c1-28-18-7-6-14(22)12-15(18)20(27)25-10-8-24(9-11-25)13-19(26)23-17-5-3-2-4-16(17)21/h2-7,12H,8-11,13H2,1H3,(H,23,26). The second kappa shape index (κ2) is 9.03. The van der Waals surface area contributed by atoms with E-state index in [9.17, 15) is 14.0 Å². The van der Waals surface area contributed by atoms with Crippen molar-refractivity contribution < 1.29 is 18.7 Å². The van der Waals surface area contributed by atoms with Gasteiger partial charge in [0.05, 0.1) is 29.9 Å². The van der Waals surface area contributed by atoms with Gasteiger partial charge in [0, 0.05) is 26.2 Å². The molecule has 2 aromatic rings. The fourth-order valence-corrected chi connectivity index (χ4v) is 3.27. The molecule has 1 aliphatic heterocycles. The SMILES string of the molecule is COc1ccc(F)cc1C(=O)N1CCN(CC(=O)Nc2ccccc2Cl)CC1. The smallest absolute Gasteiger partial charge is 0.257 e. The summed E-state index contributed by atoms with van der Waals surface area (Å²) in [6.07, 6.45) is 0. The molecule has 1 saturated heterocycles. The van der Waals surface area contributed by atoms with Gasteiger partial charge in [-0.05, 0) is 30.3 Å². The summed E-state index contributed by atoms with van der Waals surface area (Å²) in [7, 11) is 1.44. The van der Waals surface area contributed by atoms with E-state index in [1.807, 2.05) is 4.90 Å².